The van der Waals surface area contributed by atoms with E-state index < -0.39 is 0 Å². The molecule has 2 aromatic carbocycles. The molecule has 2 amide bonds. The van der Waals surface area contributed by atoms with Gasteiger partial charge in [0, 0.05) is 43.4 Å². The van der Waals surface area contributed by atoms with E-state index in [2.05, 4.69) is 20.2 Å². The summed E-state index contributed by atoms with van der Waals surface area (Å²) in [6.07, 6.45) is 1.57. The Kier molecular flexibility index (Phi) is 7.14. The van der Waals surface area contributed by atoms with Gasteiger partial charge >= 0.3 is 0 Å². The van der Waals surface area contributed by atoms with Crippen LogP contribution in [0.15, 0.2) is 67.0 Å². The summed E-state index contributed by atoms with van der Waals surface area (Å²) in [5.41, 5.74) is 2.37. The van der Waals surface area contributed by atoms with Crippen LogP contribution in [0.3, 0.4) is 0 Å². The van der Waals surface area contributed by atoms with Gasteiger partial charge in [-0.3, -0.25) is 9.59 Å². The molecular weight excluding hydrogens is 418 g/mol. The SMILES string of the molecule is CCOc1ccc(-c2cc(N3CCN(C(=O)CNC(=O)c4ccccc4)CC3)ncn2)cc1. The molecule has 2 heterocycles. The van der Waals surface area contributed by atoms with Crippen molar-refractivity contribution in [2.75, 3.05) is 44.2 Å². The minimum atomic E-state index is -0.245. The van der Waals surface area contributed by atoms with Crippen molar-refractivity contribution in [2.45, 2.75) is 6.92 Å². The number of carbonyl (C=O) groups excluding carboxylic acids is 2. The summed E-state index contributed by atoms with van der Waals surface area (Å²) in [6, 6.07) is 18.7. The second-order valence-corrected chi connectivity index (χ2v) is 7.64. The van der Waals surface area contributed by atoms with Crippen molar-refractivity contribution in [3.05, 3.63) is 72.6 Å². The van der Waals surface area contributed by atoms with Crippen molar-refractivity contribution in [3.63, 3.8) is 0 Å². The molecule has 8 nitrogen and oxygen atoms in total. The predicted octanol–water partition coefficient (Wildman–Crippen LogP) is 2.62. The van der Waals surface area contributed by atoms with Gasteiger partial charge in [-0.05, 0) is 43.3 Å². The van der Waals surface area contributed by atoms with Gasteiger partial charge in [0.15, 0.2) is 0 Å². The molecule has 0 saturated carbocycles. The van der Waals surface area contributed by atoms with E-state index in [4.69, 9.17) is 4.74 Å². The Morgan fingerprint density at radius 1 is 0.970 bits per heavy atom. The zero-order chi connectivity index (χ0) is 23.0. The molecular formula is C25H27N5O3. The van der Waals surface area contributed by atoms with Gasteiger partial charge in [0.2, 0.25) is 5.91 Å². The number of anilines is 1. The number of hydrogen-bond donors (Lipinski definition) is 1. The second-order valence-electron chi connectivity index (χ2n) is 7.64. The number of benzene rings is 2. The van der Waals surface area contributed by atoms with E-state index >= 15 is 0 Å². The molecule has 33 heavy (non-hydrogen) atoms. The third-order valence-electron chi connectivity index (χ3n) is 5.51. The Labute approximate surface area is 193 Å². The Balaban J connectivity index is 1.31. The molecule has 3 aromatic rings. The van der Waals surface area contributed by atoms with Gasteiger partial charge in [-0.2, -0.15) is 0 Å². The van der Waals surface area contributed by atoms with Crippen LogP contribution in [0.1, 0.15) is 17.3 Å². The number of aromatic nitrogens is 2. The molecule has 0 radical (unpaired) electrons. The van der Waals surface area contributed by atoms with Crippen molar-refractivity contribution in [1.82, 2.24) is 20.2 Å². The normalized spacial score (nSPS) is 13.5. The van der Waals surface area contributed by atoms with Crippen LogP contribution in [0.2, 0.25) is 0 Å². The van der Waals surface area contributed by atoms with E-state index in [1.54, 1.807) is 35.5 Å². The molecule has 8 heteroatoms. The molecule has 0 aliphatic carbocycles. The van der Waals surface area contributed by atoms with E-state index in [0.29, 0.717) is 38.3 Å². The first-order valence-electron chi connectivity index (χ1n) is 11.1. The highest BCUT2D eigenvalue weighted by Crippen LogP contribution is 2.24. The number of hydrogen-bond acceptors (Lipinski definition) is 6. The number of ether oxygens (including phenoxy) is 1. The molecule has 1 aliphatic rings. The first-order chi connectivity index (χ1) is 16.1. The quantitative estimate of drug-likeness (QED) is 0.602. The van der Waals surface area contributed by atoms with E-state index in [0.717, 1.165) is 22.8 Å². The van der Waals surface area contributed by atoms with Crippen molar-refractivity contribution < 1.29 is 14.3 Å². The van der Waals surface area contributed by atoms with Crippen LogP contribution in [-0.4, -0.2) is 66.0 Å². The standard InChI is InChI=1S/C25H27N5O3/c1-2-33-21-10-8-19(9-11-21)22-16-23(28-18-27-22)29-12-14-30(15-13-29)24(31)17-26-25(32)20-6-4-3-5-7-20/h3-11,16,18H,2,12-15,17H2,1H3,(H,26,32). The average Bonchev–Trinajstić information content (AvgIpc) is 2.88. The highest BCUT2D eigenvalue weighted by Gasteiger charge is 2.22. The topological polar surface area (TPSA) is 87.7 Å². The van der Waals surface area contributed by atoms with Crippen LogP contribution in [-0.2, 0) is 4.79 Å². The maximum Gasteiger partial charge on any atom is 0.251 e. The highest BCUT2D eigenvalue weighted by molar-refractivity contribution is 5.96. The summed E-state index contributed by atoms with van der Waals surface area (Å²) in [5.74, 6) is 1.33. The van der Waals surface area contributed by atoms with Crippen molar-refractivity contribution in [3.8, 4) is 17.0 Å². The highest BCUT2D eigenvalue weighted by atomic mass is 16.5. The van der Waals surface area contributed by atoms with Crippen molar-refractivity contribution >= 4 is 17.6 Å². The maximum absolute atomic E-state index is 12.5. The van der Waals surface area contributed by atoms with Gasteiger partial charge in [0.05, 0.1) is 18.8 Å². The van der Waals surface area contributed by atoms with E-state index in [1.165, 1.54) is 0 Å². The lowest BCUT2D eigenvalue weighted by Crippen LogP contribution is -2.51. The third-order valence-corrected chi connectivity index (χ3v) is 5.51. The lowest BCUT2D eigenvalue weighted by Gasteiger charge is -2.35. The van der Waals surface area contributed by atoms with Crippen LogP contribution in [0.25, 0.3) is 11.3 Å². The summed E-state index contributed by atoms with van der Waals surface area (Å²) in [5, 5.41) is 2.70. The summed E-state index contributed by atoms with van der Waals surface area (Å²) in [7, 11) is 0. The molecule has 1 N–H and O–H groups in total. The van der Waals surface area contributed by atoms with Crippen molar-refractivity contribution in [2.24, 2.45) is 0 Å². The van der Waals surface area contributed by atoms with Crippen LogP contribution in [0.5, 0.6) is 5.75 Å². The molecule has 0 bridgehead atoms. The number of carbonyl (C=O) groups is 2. The molecule has 0 spiro atoms. The molecule has 170 valence electrons. The number of amides is 2. The Bertz CT molecular complexity index is 1080. The zero-order valence-corrected chi connectivity index (χ0v) is 18.6. The maximum atomic E-state index is 12.5. The molecule has 1 fully saturated rings. The lowest BCUT2D eigenvalue weighted by atomic mass is 10.1. The molecule has 1 saturated heterocycles. The lowest BCUT2D eigenvalue weighted by molar-refractivity contribution is -0.130. The minimum Gasteiger partial charge on any atom is -0.494 e. The van der Waals surface area contributed by atoms with Gasteiger partial charge in [0.25, 0.3) is 5.91 Å². The van der Waals surface area contributed by atoms with Gasteiger partial charge in [-0.1, -0.05) is 18.2 Å². The van der Waals surface area contributed by atoms with Crippen LogP contribution in [0.4, 0.5) is 5.82 Å². The monoisotopic (exact) mass is 445 g/mol. The summed E-state index contributed by atoms with van der Waals surface area (Å²) >= 11 is 0. The van der Waals surface area contributed by atoms with Gasteiger partial charge in [0.1, 0.15) is 17.9 Å². The van der Waals surface area contributed by atoms with E-state index in [9.17, 15) is 9.59 Å². The zero-order valence-electron chi connectivity index (χ0n) is 18.6. The Morgan fingerprint density at radius 2 is 1.70 bits per heavy atom. The second kappa shape index (κ2) is 10.6. The number of nitrogens with zero attached hydrogens (tertiary/aromatic N) is 4. The Hall–Kier alpha value is -3.94. The number of piperazine rings is 1. The molecule has 1 aromatic heterocycles. The van der Waals surface area contributed by atoms with Crippen LogP contribution >= 0.6 is 0 Å². The van der Waals surface area contributed by atoms with E-state index in [-0.39, 0.29) is 18.4 Å². The Morgan fingerprint density at radius 3 is 2.39 bits per heavy atom. The van der Waals surface area contributed by atoms with Crippen LogP contribution < -0.4 is 15.0 Å². The van der Waals surface area contributed by atoms with Crippen molar-refractivity contribution in [1.29, 1.82) is 0 Å². The largest absolute Gasteiger partial charge is 0.494 e. The minimum absolute atomic E-state index is 0.0108. The molecule has 0 atom stereocenters. The third kappa shape index (κ3) is 5.65. The number of rotatable bonds is 7. The molecule has 0 unspecified atom stereocenters. The first-order valence-corrected chi connectivity index (χ1v) is 11.1. The summed E-state index contributed by atoms with van der Waals surface area (Å²) < 4.78 is 5.50. The fraction of sp³-hybridized carbons (Fsp3) is 0.280. The average molecular weight is 446 g/mol. The number of nitrogens with one attached hydrogen (secondary N) is 1. The predicted molar refractivity (Wildman–Crippen MR) is 126 cm³/mol. The van der Waals surface area contributed by atoms with Crippen LogP contribution in [0, 0.1) is 0 Å². The summed E-state index contributed by atoms with van der Waals surface area (Å²) in [6.45, 7) is 5.05. The van der Waals surface area contributed by atoms with Gasteiger partial charge in [-0.15, -0.1) is 0 Å². The van der Waals surface area contributed by atoms with Gasteiger partial charge in [-0.25, -0.2) is 9.97 Å². The smallest absolute Gasteiger partial charge is 0.251 e. The van der Waals surface area contributed by atoms with Gasteiger partial charge < -0.3 is 19.9 Å². The van der Waals surface area contributed by atoms with E-state index in [1.807, 2.05) is 43.3 Å². The molecule has 1 aliphatic heterocycles. The fourth-order valence-corrected chi connectivity index (χ4v) is 3.71. The first kappa shape index (κ1) is 22.3. The summed E-state index contributed by atoms with van der Waals surface area (Å²) in [4.78, 5) is 37.5. The fourth-order valence-electron chi connectivity index (χ4n) is 3.71. The molecule has 4 rings (SSSR count).